The quantitative estimate of drug-likeness (QED) is 0.397. The molecule has 0 bridgehead atoms. The molecule has 54 valence electrons. The topological polar surface area (TPSA) is 35.5 Å². The van der Waals surface area contributed by atoms with Crippen LogP contribution < -0.4 is 0 Å². The Kier molecular flexibility index (Phi) is 5.46. The number of rotatable bonds is 5. The molecule has 3 nitrogen and oxygen atoms in total. The zero-order valence-corrected chi connectivity index (χ0v) is 5.79. The Labute approximate surface area is 55.0 Å². The molecule has 0 spiro atoms. The van der Waals surface area contributed by atoms with E-state index < -0.39 is 0 Å². The summed E-state index contributed by atoms with van der Waals surface area (Å²) in [5.74, 6) is 0. The molecule has 0 N–H and O–H groups in total. The van der Waals surface area contributed by atoms with Gasteiger partial charge in [-0.2, -0.15) is 0 Å². The smallest absolute Gasteiger partial charge is 0.148 e. The Hall–Kier alpha value is -0.410. The third kappa shape index (κ3) is 5.46. The number of carbonyl (C=O) groups is 1. The summed E-state index contributed by atoms with van der Waals surface area (Å²) in [5.41, 5.74) is 0. The number of carbonyl (C=O) groups excluding carboxylic acids is 1. The minimum atomic E-state index is -0.305. The molecule has 1 atom stereocenters. The van der Waals surface area contributed by atoms with Crippen LogP contribution in [-0.2, 0) is 14.3 Å². The molecule has 0 aliphatic heterocycles. The third-order valence-corrected chi connectivity index (χ3v) is 0.860. The van der Waals surface area contributed by atoms with Crippen molar-refractivity contribution in [2.75, 3.05) is 20.3 Å². The summed E-state index contributed by atoms with van der Waals surface area (Å²) in [4.78, 5) is 9.93. The second-order valence-electron chi connectivity index (χ2n) is 1.70. The summed E-state index contributed by atoms with van der Waals surface area (Å²) < 4.78 is 9.63. The van der Waals surface area contributed by atoms with E-state index >= 15 is 0 Å². The Morgan fingerprint density at radius 3 is 2.67 bits per heavy atom. The number of aldehydes is 1. The molecule has 0 aromatic rings. The molecule has 3 heteroatoms. The fraction of sp³-hybridized carbons (Fsp3) is 0.833. The fourth-order valence-corrected chi connectivity index (χ4v) is 0.357. The van der Waals surface area contributed by atoms with Crippen LogP contribution in [0.25, 0.3) is 0 Å². The Bertz CT molecular complexity index is 72.7. The number of hydrogen-bond acceptors (Lipinski definition) is 3. The number of ether oxygens (including phenoxy) is 2. The summed E-state index contributed by atoms with van der Waals surface area (Å²) in [6, 6.07) is 0. The predicted molar refractivity (Wildman–Crippen MR) is 33.4 cm³/mol. The summed E-state index contributed by atoms with van der Waals surface area (Å²) in [7, 11) is 1.59. The molecular formula is C6H12O3. The van der Waals surface area contributed by atoms with E-state index in [1.54, 1.807) is 14.0 Å². The Morgan fingerprint density at radius 1 is 1.56 bits per heavy atom. The molecule has 0 fully saturated rings. The molecule has 0 saturated heterocycles. The van der Waals surface area contributed by atoms with E-state index in [0.717, 1.165) is 6.29 Å². The van der Waals surface area contributed by atoms with Gasteiger partial charge in [-0.1, -0.05) is 0 Å². The maximum absolute atomic E-state index is 9.93. The van der Waals surface area contributed by atoms with Crippen LogP contribution in [0.2, 0.25) is 0 Å². The number of hydrogen-bond donors (Lipinski definition) is 0. The van der Waals surface area contributed by atoms with E-state index in [1.165, 1.54) is 0 Å². The number of methoxy groups -OCH3 is 1. The van der Waals surface area contributed by atoms with E-state index in [9.17, 15) is 4.79 Å². The highest BCUT2D eigenvalue weighted by molar-refractivity contribution is 5.54. The third-order valence-electron chi connectivity index (χ3n) is 0.860. The van der Waals surface area contributed by atoms with Crippen molar-refractivity contribution in [3.63, 3.8) is 0 Å². The maximum atomic E-state index is 9.93. The van der Waals surface area contributed by atoms with Gasteiger partial charge in [-0.05, 0) is 6.92 Å². The summed E-state index contributed by atoms with van der Waals surface area (Å²) >= 11 is 0. The van der Waals surface area contributed by atoms with E-state index in [2.05, 4.69) is 0 Å². The highest BCUT2D eigenvalue weighted by Gasteiger charge is 1.95. The SMILES string of the molecule is COCCOC(C)C=O. The summed E-state index contributed by atoms with van der Waals surface area (Å²) in [5, 5.41) is 0. The van der Waals surface area contributed by atoms with Gasteiger partial charge in [0.05, 0.1) is 13.2 Å². The van der Waals surface area contributed by atoms with Gasteiger partial charge < -0.3 is 14.3 Å². The molecule has 0 rings (SSSR count). The van der Waals surface area contributed by atoms with E-state index in [0.29, 0.717) is 13.2 Å². The van der Waals surface area contributed by atoms with Crippen molar-refractivity contribution in [3.8, 4) is 0 Å². The largest absolute Gasteiger partial charge is 0.382 e. The zero-order chi connectivity index (χ0) is 7.11. The standard InChI is InChI=1S/C6H12O3/c1-6(5-7)9-4-3-8-2/h5-6H,3-4H2,1-2H3. The van der Waals surface area contributed by atoms with Gasteiger partial charge in [0.15, 0.2) is 0 Å². The minimum absolute atomic E-state index is 0.305. The fourth-order valence-electron chi connectivity index (χ4n) is 0.357. The minimum Gasteiger partial charge on any atom is -0.382 e. The van der Waals surface area contributed by atoms with Crippen molar-refractivity contribution in [2.45, 2.75) is 13.0 Å². The first-order chi connectivity index (χ1) is 4.31. The van der Waals surface area contributed by atoms with Crippen LogP contribution >= 0.6 is 0 Å². The van der Waals surface area contributed by atoms with Gasteiger partial charge in [0.2, 0.25) is 0 Å². The predicted octanol–water partition coefficient (Wildman–Crippen LogP) is 0.237. The van der Waals surface area contributed by atoms with Crippen molar-refractivity contribution >= 4 is 6.29 Å². The molecule has 0 aromatic heterocycles. The first-order valence-electron chi connectivity index (χ1n) is 2.87. The van der Waals surface area contributed by atoms with E-state index in [4.69, 9.17) is 9.47 Å². The molecule has 0 radical (unpaired) electrons. The van der Waals surface area contributed by atoms with Crippen molar-refractivity contribution in [1.82, 2.24) is 0 Å². The normalized spacial score (nSPS) is 13.1. The Morgan fingerprint density at radius 2 is 2.22 bits per heavy atom. The highest BCUT2D eigenvalue weighted by atomic mass is 16.5. The van der Waals surface area contributed by atoms with Gasteiger partial charge in [0.1, 0.15) is 12.4 Å². The van der Waals surface area contributed by atoms with Gasteiger partial charge in [0, 0.05) is 7.11 Å². The van der Waals surface area contributed by atoms with Crippen LogP contribution in [0.5, 0.6) is 0 Å². The second-order valence-corrected chi connectivity index (χ2v) is 1.70. The molecule has 1 unspecified atom stereocenters. The van der Waals surface area contributed by atoms with Gasteiger partial charge in [0.25, 0.3) is 0 Å². The van der Waals surface area contributed by atoms with Crippen molar-refractivity contribution < 1.29 is 14.3 Å². The van der Waals surface area contributed by atoms with Gasteiger partial charge in [-0.3, -0.25) is 0 Å². The average molecular weight is 132 g/mol. The lowest BCUT2D eigenvalue weighted by Crippen LogP contribution is -2.12. The van der Waals surface area contributed by atoms with Crippen LogP contribution in [0.3, 0.4) is 0 Å². The van der Waals surface area contributed by atoms with Crippen LogP contribution in [0.1, 0.15) is 6.92 Å². The average Bonchev–Trinajstić information content (AvgIpc) is 1.89. The lowest BCUT2D eigenvalue weighted by Gasteiger charge is -2.03. The molecule has 0 aliphatic carbocycles. The van der Waals surface area contributed by atoms with E-state index in [-0.39, 0.29) is 6.10 Å². The van der Waals surface area contributed by atoms with Crippen LogP contribution in [0, 0.1) is 0 Å². The van der Waals surface area contributed by atoms with Gasteiger partial charge >= 0.3 is 0 Å². The van der Waals surface area contributed by atoms with Crippen LogP contribution in [0.4, 0.5) is 0 Å². The zero-order valence-electron chi connectivity index (χ0n) is 5.79. The van der Waals surface area contributed by atoms with Gasteiger partial charge in [-0.15, -0.1) is 0 Å². The lowest BCUT2D eigenvalue weighted by molar-refractivity contribution is -0.117. The van der Waals surface area contributed by atoms with Crippen molar-refractivity contribution in [3.05, 3.63) is 0 Å². The monoisotopic (exact) mass is 132 g/mol. The van der Waals surface area contributed by atoms with Crippen LogP contribution in [-0.4, -0.2) is 32.7 Å². The summed E-state index contributed by atoms with van der Waals surface area (Å²) in [6.45, 7) is 2.72. The molecule has 0 aromatic carbocycles. The molecule has 0 aliphatic rings. The lowest BCUT2D eigenvalue weighted by atomic mass is 10.5. The highest BCUT2D eigenvalue weighted by Crippen LogP contribution is 1.83. The van der Waals surface area contributed by atoms with Gasteiger partial charge in [-0.25, -0.2) is 0 Å². The molecule has 0 amide bonds. The Balaban J connectivity index is 2.96. The van der Waals surface area contributed by atoms with Crippen LogP contribution in [0.15, 0.2) is 0 Å². The van der Waals surface area contributed by atoms with Crippen molar-refractivity contribution in [2.24, 2.45) is 0 Å². The summed E-state index contributed by atoms with van der Waals surface area (Å²) in [6.07, 6.45) is 0.454. The molecule has 0 saturated carbocycles. The maximum Gasteiger partial charge on any atom is 0.148 e. The second kappa shape index (κ2) is 5.72. The molecule has 9 heavy (non-hydrogen) atoms. The molecular weight excluding hydrogens is 120 g/mol. The first kappa shape index (κ1) is 8.59. The van der Waals surface area contributed by atoms with Crippen molar-refractivity contribution in [1.29, 1.82) is 0 Å². The first-order valence-corrected chi connectivity index (χ1v) is 2.87. The molecule has 0 heterocycles. The van der Waals surface area contributed by atoms with E-state index in [1.807, 2.05) is 0 Å².